The summed E-state index contributed by atoms with van der Waals surface area (Å²) in [7, 11) is 0. The third-order valence-corrected chi connectivity index (χ3v) is 5.51. The fourth-order valence-corrected chi connectivity index (χ4v) is 3.27. The highest BCUT2D eigenvalue weighted by molar-refractivity contribution is 14.1. The van der Waals surface area contributed by atoms with Crippen LogP contribution in [0.1, 0.15) is 0 Å². The molecular formula is C11H4Cl5IN2. The Morgan fingerprint density at radius 1 is 0.895 bits per heavy atom. The molecule has 2 rings (SSSR count). The van der Waals surface area contributed by atoms with Crippen molar-refractivity contribution < 1.29 is 0 Å². The number of pyridine rings is 1. The van der Waals surface area contributed by atoms with Crippen LogP contribution in [0.3, 0.4) is 0 Å². The van der Waals surface area contributed by atoms with Gasteiger partial charge in [-0.05, 0) is 28.7 Å². The van der Waals surface area contributed by atoms with Crippen LogP contribution in [0.25, 0.3) is 11.1 Å². The first-order valence-electron chi connectivity index (χ1n) is 4.77. The number of hydrogen-bond donors (Lipinski definition) is 1. The van der Waals surface area contributed by atoms with E-state index < -0.39 is 0 Å². The van der Waals surface area contributed by atoms with Crippen LogP contribution >= 0.6 is 80.6 Å². The Morgan fingerprint density at radius 3 is 1.84 bits per heavy atom. The number of aromatic nitrogens is 1. The van der Waals surface area contributed by atoms with Crippen molar-refractivity contribution in [2.75, 3.05) is 5.73 Å². The molecule has 0 bridgehead atoms. The molecule has 0 aliphatic carbocycles. The van der Waals surface area contributed by atoms with Gasteiger partial charge in [-0.25, -0.2) is 4.98 Å². The van der Waals surface area contributed by atoms with Crippen LogP contribution in [0.4, 0.5) is 5.82 Å². The molecule has 8 heteroatoms. The van der Waals surface area contributed by atoms with Gasteiger partial charge in [0.15, 0.2) is 0 Å². The predicted octanol–water partition coefficient (Wildman–Crippen LogP) is 6.20. The number of halogens is 6. The van der Waals surface area contributed by atoms with Crippen molar-refractivity contribution in [3.8, 4) is 11.1 Å². The molecular weight excluding hydrogens is 464 g/mol. The summed E-state index contributed by atoms with van der Waals surface area (Å²) in [5.41, 5.74) is 6.81. The topological polar surface area (TPSA) is 38.9 Å². The lowest BCUT2D eigenvalue weighted by atomic mass is 10.1. The van der Waals surface area contributed by atoms with Crippen LogP contribution < -0.4 is 5.73 Å². The zero-order chi connectivity index (χ0) is 14.3. The van der Waals surface area contributed by atoms with Gasteiger partial charge in [0.1, 0.15) is 5.82 Å². The first kappa shape index (κ1) is 15.7. The van der Waals surface area contributed by atoms with Gasteiger partial charge < -0.3 is 5.73 Å². The average molecular weight is 468 g/mol. The maximum Gasteiger partial charge on any atom is 0.136 e. The van der Waals surface area contributed by atoms with E-state index in [1.165, 1.54) is 0 Å². The Kier molecular flexibility index (Phi) is 4.97. The SMILES string of the molecule is Nc1ncc(-c2c(Cl)c(Cl)c(Cl)c(Cl)c2Cl)cc1I. The Balaban J connectivity index is 2.79. The standard InChI is InChI=1S/C11H4Cl5IN2/c12-6-5(3-1-4(17)11(18)19-2-3)7(13)9(15)10(16)8(6)14/h1-2H,(H2,18,19). The normalized spacial score (nSPS) is 10.8. The van der Waals surface area contributed by atoms with E-state index in [-0.39, 0.29) is 25.1 Å². The Labute approximate surface area is 148 Å². The minimum absolute atomic E-state index is 0.125. The molecule has 100 valence electrons. The summed E-state index contributed by atoms with van der Waals surface area (Å²) in [4.78, 5) is 4.05. The largest absolute Gasteiger partial charge is 0.383 e. The van der Waals surface area contributed by atoms with Crippen LogP contribution in [-0.2, 0) is 0 Å². The van der Waals surface area contributed by atoms with Crippen molar-refractivity contribution >= 4 is 86.4 Å². The van der Waals surface area contributed by atoms with Crippen molar-refractivity contribution in [2.24, 2.45) is 0 Å². The molecule has 2 N–H and O–H groups in total. The fraction of sp³-hybridized carbons (Fsp3) is 0. The summed E-state index contributed by atoms with van der Waals surface area (Å²) in [6.45, 7) is 0. The molecule has 2 nitrogen and oxygen atoms in total. The van der Waals surface area contributed by atoms with E-state index in [2.05, 4.69) is 27.6 Å². The van der Waals surface area contributed by atoms with Gasteiger partial charge in [0, 0.05) is 17.3 Å². The van der Waals surface area contributed by atoms with Crippen LogP contribution in [0.15, 0.2) is 12.3 Å². The number of rotatable bonds is 1. The summed E-state index contributed by atoms with van der Waals surface area (Å²) in [6.07, 6.45) is 1.55. The van der Waals surface area contributed by atoms with Crippen LogP contribution in [0, 0.1) is 3.57 Å². The zero-order valence-corrected chi connectivity index (χ0v) is 14.9. The molecule has 0 saturated carbocycles. The van der Waals surface area contributed by atoms with E-state index in [9.17, 15) is 0 Å². The molecule has 0 unspecified atom stereocenters. The minimum atomic E-state index is 0.125. The highest BCUT2D eigenvalue weighted by Gasteiger charge is 2.20. The number of benzene rings is 1. The molecule has 1 aromatic heterocycles. The lowest BCUT2D eigenvalue weighted by Crippen LogP contribution is -1.95. The lowest BCUT2D eigenvalue weighted by molar-refractivity contribution is 1.32. The Morgan fingerprint density at radius 2 is 1.37 bits per heavy atom. The predicted molar refractivity (Wildman–Crippen MR) is 91.9 cm³/mol. The van der Waals surface area contributed by atoms with Gasteiger partial charge in [-0.3, -0.25) is 0 Å². The summed E-state index contributed by atoms with van der Waals surface area (Å²) < 4.78 is 0.768. The molecule has 0 radical (unpaired) electrons. The smallest absolute Gasteiger partial charge is 0.136 e. The summed E-state index contributed by atoms with van der Waals surface area (Å²) in [5, 5.41) is 0.881. The highest BCUT2D eigenvalue weighted by atomic mass is 127. The van der Waals surface area contributed by atoms with E-state index in [1.807, 2.05) is 0 Å². The molecule has 0 spiro atoms. The van der Waals surface area contributed by atoms with Gasteiger partial charge in [-0.1, -0.05) is 58.0 Å². The van der Waals surface area contributed by atoms with E-state index in [1.54, 1.807) is 12.3 Å². The summed E-state index contributed by atoms with van der Waals surface area (Å²) in [5.74, 6) is 0.419. The van der Waals surface area contributed by atoms with Crippen molar-refractivity contribution in [3.05, 3.63) is 40.9 Å². The molecule has 0 saturated heterocycles. The Bertz CT molecular complexity index is 646. The maximum atomic E-state index is 6.18. The molecule has 0 atom stereocenters. The van der Waals surface area contributed by atoms with Gasteiger partial charge in [-0.2, -0.15) is 0 Å². The van der Waals surface area contributed by atoms with Crippen molar-refractivity contribution in [1.29, 1.82) is 0 Å². The van der Waals surface area contributed by atoms with Crippen LogP contribution in [0.2, 0.25) is 25.1 Å². The maximum absolute atomic E-state index is 6.18. The van der Waals surface area contributed by atoms with Crippen molar-refractivity contribution in [2.45, 2.75) is 0 Å². The second-order valence-electron chi connectivity index (χ2n) is 3.54. The first-order chi connectivity index (χ1) is 8.84. The Hall–Kier alpha value is 0.350. The molecule has 0 aliphatic heterocycles. The monoisotopic (exact) mass is 466 g/mol. The summed E-state index contributed by atoms with van der Waals surface area (Å²) in [6, 6.07) is 1.79. The fourth-order valence-electron chi connectivity index (χ4n) is 1.44. The molecule has 19 heavy (non-hydrogen) atoms. The number of nitrogen functional groups attached to an aromatic ring is 1. The van der Waals surface area contributed by atoms with Crippen molar-refractivity contribution in [3.63, 3.8) is 0 Å². The van der Waals surface area contributed by atoms with Crippen molar-refractivity contribution in [1.82, 2.24) is 4.98 Å². The van der Waals surface area contributed by atoms with E-state index in [4.69, 9.17) is 63.7 Å². The lowest BCUT2D eigenvalue weighted by Gasteiger charge is -2.13. The molecule has 0 fully saturated rings. The van der Waals surface area contributed by atoms with E-state index in [0.717, 1.165) is 3.57 Å². The third kappa shape index (κ3) is 2.87. The molecule has 2 aromatic rings. The minimum Gasteiger partial charge on any atom is -0.383 e. The highest BCUT2D eigenvalue weighted by Crippen LogP contribution is 2.48. The van der Waals surface area contributed by atoms with E-state index >= 15 is 0 Å². The first-order valence-corrected chi connectivity index (χ1v) is 7.74. The number of hydrogen-bond acceptors (Lipinski definition) is 2. The average Bonchev–Trinajstić information content (AvgIpc) is 2.38. The van der Waals surface area contributed by atoms with Crippen LogP contribution in [0.5, 0.6) is 0 Å². The van der Waals surface area contributed by atoms with Gasteiger partial charge >= 0.3 is 0 Å². The van der Waals surface area contributed by atoms with Gasteiger partial charge in [-0.15, -0.1) is 0 Å². The van der Waals surface area contributed by atoms with Gasteiger partial charge in [0.25, 0.3) is 0 Å². The molecule has 0 aliphatic rings. The number of nitrogens with two attached hydrogens (primary N) is 1. The molecule has 1 aromatic carbocycles. The third-order valence-electron chi connectivity index (χ3n) is 2.37. The second-order valence-corrected chi connectivity index (χ2v) is 6.59. The van der Waals surface area contributed by atoms with Gasteiger partial charge in [0.05, 0.1) is 28.7 Å². The van der Waals surface area contributed by atoms with E-state index in [0.29, 0.717) is 16.9 Å². The van der Waals surface area contributed by atoms with Crippen LogP contribution in [-0.4, -0.2) is 4.98 Å². The molecule has 0 amide bonds. The zero-order valence-electron chi connectivity index (χ0n) is 8.95. The summed E-state index contributed by atoms with van der Waals surface area (Å²) >= 11 is 32.4. The molecule has 1 heterocycles. The number of nitrogens with zero attached hydrogens (tertiary/aromatic N) is 1. The number of anilines is 1. The van der Waals surface area contributed by atoms with Gasteiger partial charge in [0.2, 0.25) is 0 Å². The second kappa shape index (κ2) is 6.00. The quantitative estimate of drug-likeness (QED) is 0.308.